The lowest BCUT2D eigenvalue weighted by atomic mass is 9.96. The van der Waals surface area contributed by atoms with Gasteiger partial charge in [0, 0.05) is 42.0 Å². The summed E-state index contributed by atoms with van der Waals surface area (Å²) in [7, 11) is 0. The Kier molecular flexibility index (Phi) is 6.05. The van der Waals surface area contributed by atoms with E-state index in [1.807, 2.05) is 18.2 Å². The minimum Gasteiger partial charge on any atom is -0.354 e. The van der Waals surface area contributed by atoms with Crippen molar-refractivity contribution in [1.29, 1.82) is 0 Å². The molecule has 1 aromatic heterocycles. The Hall–Kier alpha value is -2.93. The summed E-state index contributed by atoms with van der Waals surface area (Å²) in [5.74, 6) is 0.454. The van der Waals surface area contributed by atoms with Crippen molar-refractivity contribution in [2.45, 2.75) is 22.8 Å². The molecule has 0 radical (unpaired) electrons. The van der Waals surface area contributed by atoms with Gasteiger partial charge in [-0.3, -0.25) is 4.79 Å². The monoisotopic (exact) mass is 408 g/mol. The molecule has 1 aliphatic rings. The first-order valence-electron chi connectivity index (χ1n) is 9.54. The highest BCUT2D eigenvalue weighted by molar-refractivity contribution is 7.99. The maximum atomic E-state index is 13.0. The molecule has 1 fully saturated rings. The smallest absolute Gasteiger partial charge is 0.227 e. The van der Waals surface area contributed by atoms with Crippen LogP contribution in [0.25, 0.3) is 0 Å². The molecule has 2 heterocycles. The predicted octanol–water partition coefficient (Wildman–Crippen LogP) is 4.62. The molecule has 0 atom stereocenters. The van der Waals surface area contributed by atoms with E-state index in [1.54, 1.807) is 36.3 Å². The van der Waals surface area contributed by atoms with Crippen LogP contribution in [0.15, 0.2) is 76.9 Å². The quantitative estimate of drug-likeness (QED) is 0.667. The number of aromatic nitrogens is 2. The van der Waals surface area contributed by atoms with Crippen molar-refractivity contribution in [3.05, 3.63) is 72.8 Å². The highest BCUT2D eigenvalue weighted by Crippen LogP contribution is 2.33. The van der Waals surface area contributed by atoms with E-state index in [-0.39, 0.29) is 17.6 Å². The molecule has 3 aromatic rings. The molecular formula is C22H21FN4OS. The Morgan fingerprint density at radius 2 is 1.69 bits per heavy atom. The maximum Gasteiger partial charge on any atom is 0.227 e. The third-order valence-electron chi connectivity index (χ3n) is 4.88. The lowest BCUT2D eigenvalue weighted by molar-refractivity contribution is -0.120. The van der Waals surface area contributed by atoms with E-state index in [1.165, 1.54) is 12.1 Å². The number of amides is 1. The van der Waals surface area contributed by atoms with Crippen molar-refractivity contribution in [3.8, 4) is 0 Å². The molecule has 0 aliphatic carbocycles. The van der Waals surface area contributed by atoms with E-state index < -0.39 is 0 Å². The third-order valence-corrected chi connectivity index (χ3v) is 5.87. The van der Waals surface area contributed by atoms with Crippen LogP contribution < -0.4 is 10.2 Å². The van der Waals surface area contributed by atoms with Gasteiger partial charge in [-0.2, -0.15) is 0 Å². The summed E-state index contributed by atoms with van der Waals surface area (Å²) in [5, 5.41) is 3.75. The lowest BCUT2D eigenvalue weighted by Gasteiger charge is -2.32. The lowest BCUT2D eigenvalue weighted by Crippen LogP contribution is -2.38. The zero-order valence-electron chi connectivity index (χ0n) is 15.8. The van der Waals surface area contributed by atoms with Gasteiger partial charge in [0.05, 0.1) is 0 Å². The normalized spacial score (nSPS) is 14.6. The summed E-state index contributed by atoms with van der Waals surface area (Å²) in [6.07, 6.45) is 4.88. The molecule has 7 heteroatoms. The topological polar surface area (TPSA) is 58.1 Å². The molecule has 0 spiro atoms. The fourth-order valence-corrected chi connectivity index (χ4v) is 4.24. The molecule has 1 saturated heterocycles. The van der Waals surface area contributed by atoms with Crippen LogP contribution in [0.5, 0.6) is 0 Å². The van der Waals surface area contributed by atoms with E-state index in [0.29, 0.717) is 5.69 Å². The van der Waals surface area contributed by atoms with Gasteiger partial charge in [-0.25, -0.2) is 14.4 Å². The van der Waals surface area contributed by atoms with Crippen LogP contribution in [0, 0.1) is 11.7 Å². The molecule has 1 N–H and O–H groups in total. The highest BCUT2D eigenvalue weighted by atomic mass is 32.2. The number of piperidine rings is 1. The Bertz CT molecular complexity index is 960. The van der Waals surface area contributed by atoms with Gasteiger partial charge in [-0.05, 0) is 49.2 Å². The van der Waals surface area contributed by atoms with Gasteiger partial charge in [0.2, 0.25) is 5.91 Å². The summed E-state index contributed by atoms with van der Waals surface area (Å²) in [6, 6.07) is 15.9. The molecule has 1 aliphatic heterocycles. The first kappa shape index (κ1) is 19.4. The van der Waals surface area contributed by atoms with Crippen molar-refractivity contribution < 1.29 is 9.18 Å². The Labute approximate surface area is 173 Å². The van der Waals surface area contributed by atoms with Gasteiger partial charge < -0.3 is 10.2 Å². The zero-order chi connectivity index (χ0) is 20.1. The average Bonchev–Trinajstić information content (AvgIpc) is 2.77. The van der Waals surface area contributed by atoms with Crippen LogP contribution in [0.2, 0.25) is 0 Å². The van der Waals surface area contributed by atoms with Gasteiger partial charge in [0.1, 0.15) is 10.8 Å². The number of benzene rings is 2. The number of carbonyl (C=O) groups excluding carboxylic acids is 1. The third kappa shape index (κ3) is 4.92. The second-order valence-electron chi connectivity index (χ2n) is 6.86. The molecular weight excluding hydrogens is 387 g/mol. The largest absolute Gasteiger partial charge is 0.354 e. The van der Waals surface area contributed by atoms with Crippen LogP contribution in [0.1, 0.15) is 12.8 Å². The Morgan fingerprint density at radius 3 is 2.41 bits per heavy atom. The molecule has 29 heavy (non-hydrogen) atoms. The Balaban J connectivity index is 1.38. The van der Waals surface area contributed by atoms with E-state index in [9.17, 15) is 9.18 Å². The molecule has 0 bridgehead atoms. The molecule has 5 nitrogen and oxygen atoms in total. The van der Waals surface area contributed by atoms with Gasteiger partial charge in [0.15, 0.2) is 5.82 Å². The number of hydrogen-bond acceptors (Lipinski definition) is 5. The molecule has 0 saturated carbocycles. The first-order valence-corrected chi connectivity index (χ1v) is 10.4. The zero-order valence-corrected chi connectivity index (χ0v) is 16.6. The van der Waals surface area contributed by atoms with E-state index >= 15 is 0 Å². The minimum absolute atomic E-state index is 0.0192. The highest BCUT2D eigenvalue weighted by Gasteiger charge is 2.27. The number of nitrogens with zero attached hydrogens (tertiary/aromatic N) is 3. The molecule has 1 amide bonds. The standard InChI is InChI=1S/C22H21FN4OS/c23-17-6-8-18(9-7-17)26-21(28)16-10-14-27(15-11-16)20-22(25-13-12-24-20)29-19-4-2-1-3-5-19/h1-9,12-13,16H,10-11,14-15H2,(H,26,28). The summed E-state index contributed by atoms with van der Waals surface area (Å²) in [4.78, 5) is 24.9. The first-order chi connectivity index (χ1) is 14.2. The van der Waals surface area contributed by atoms with Crippen LogP contribution >= 0.6 is 11.8 Å². The second kappa shape index (κ2) is 9.05. The van der Waals surface area contributed by atoms with Crippen molar-refractivity contribution >= 4 is 29.2 Å². The number of hydrogen-bond donors (Lipinski definition) is 1. The fraction of sp³-hybridized carbons (Fsp3) is 0.227. The molecule has 2 aromatic carbocycles. The summed E-state index contributed by atoms with van der Waals surface area (Å²) in [6.45, 7) is 1.48. The van der Waals surface area contributed by atoms with Gasteiger partial charge in [-0.1, -0.05) is 30.0 Å². The maximum absolute atomic E-state index is 13.0. The van der Waals surface area contributed by atoms with E-state index in [4.69, 9.17) is 0 Å². The number of halogens is 1. The van der Waals surface area contributed by atoms with Crippen LogP contribution in [-0.2, 0) is 4.79 Å². The van der Waals surface area contributed by atoms with Gasteiger partial charge in [0.25, 0.3) is 0 Å². The van der Waals surface area contributed by atoms with Crippen LogP contribution in [0.4, 0.5) is 15.9 Å². The van der Waals surface area contributed by atoms with Crippen molar-refractivity contribution in [1.82, 2.24) is 9.97 Å². The number of anilines is 2. The fourth-order valence-electron chi connectivity index (χ4n) is 3.34. The second-order valence-corrected chi connectivity index (χ2v) is 7.92. The average molecular weight is 409 g/mol. The van der Waals surface area contributed by atoms with Crippen molar-refractivity contribution in [2.75, 3.05) is 23.3 Å². The van der Waals surface area contributed by atoms with Crippen molar-refractivity contribution in [2.24, 2.45) is 5.92 Å². The molecule has 148 valence electrons. The SMILES string of the molecule is O=C(Nc1ccc(F)cc1)C1CCN(c2nccnc2Sc2ccccc2)CC1. The minimum atomic E-state index is -0.315. The van der Waals surface area contributed by atoms with Gasteiger partial charge in [-0.15, -0.1) is 0 Å². The summed E-state index contributed by atoms with van der Waals surface area (Å²) < 4.78 is 13.0. The summed E-state index contributed by atoms with van der Waals surface area (Å²) >= 11 is 1.59. The number of carbonyl (C=O) groups is 1. The van der Waals surface area contributed by atoms with Gasteiger partial charge >= 0.3 is 0 Å². The van der Waals surface area contributed by atoms with Crippen LogP contribution in [-0.4, -0.2) is 29.0 Å². The summed E-state index contributed by atoms with van der Waals surface area (Å²) in [5.41, 5.74) is 0.620. The van der Waals surface area contributed by atoms with E-state index in [0.717, 1.165) is 41.7 Å². The number of nitrogens with one attached hydrogen (secondary N) is 1. The van der Waals surface area contributed by atoms with E-state index in [2.05, 4.69) is 32.3 Å². The molecule has 0 unspecified atom stereocenters. The number of rotatable bonds is 5. The predicted molar refractivity (Wildman–Crippen MR) is 113 cm³/mol. The van der Waals surface area contributed by atoms with Crippen LogP contribution in [0.3, 0.4) is 0 Å². The molecule has 4 rings (SSSR count). The Morgan fingerprint density at radius 1 is 1.00 bits per heavy atom. The van der Waals surface area contributed by atoms with Crippen molar-refractivity contribution in [3.63, 3.8) is 0 Å².